The van der Waals surface area contributed by atoms with Gasteiger partial charge in [0, 0.05) is 19.3 Å². The first-order chi connectivity index (χ1) is 39.6. The third kappa shape index (κ3) is 46.7. The van der Waals surface area contributed by atoms with E-state index in [9.17, 15) is 34.5 Å². The maximum atomic E-state index is 13.2. The van der Waals surface area contributed by atoms with Gasteiger partial charge < -0.3 is 39.0 Å². The van der Waals surface area contributed by atoms with Gasteiger partial charge in [-0.15, -0.1) is 0 Å². The van der Waals surface area contributed by atoms with Crippen molar-refractivity contribution in [2.24, 2.45) is 0 Å². The minimum absolute atomic E-state index is 0.0615. The first-order valence-electron chi connectivity index (χ1n) is 33.6. The van der Waals surface area contributed by atoms with Crippen molar-refractivity contribution >= 4 is 23.9 Å². The van der Waals surface area contributed by atoms with Gasteiger partial charge in [0.1, 0.15) is 18.8 Å². The number of hydrogen-bond donors (Lipinski definition) is 3. The summed E-state index contributed by atoms with van der Waals surface area (Å²) in [5.74, 6) is -3.13. The molecule has 0 amide bonds. The number of allylic oxidation sites excluding steroid dienone is 8. The van der Waals surface area contributed by atoms with Crippen LogP contribution in [0.5, 0.6) is 0 Å². The molecule has 1 aliphatic rings. The van der Waals surface area contributed by atoms with Crippen LogP contribution in [0.4, 0.5) is 0 Å². The number of carboxylic acids is 1. The summed E-state index contributed by atoms with van der Waals surface area (Å²) >= 11 is 0. The van der Waals surface area contributed by atoms with Gasteiger partial charge in [-0.3, -0.25) is 14.4 Å². The topological polar surface area (TPSA) is 175 Å². The van der Waals surface area contributed by atoms with E-state index in [4.69, 9.17) is 23.7 Å². The molecule has 470 valence electrons. The fourth-order valence-corrected chi connectivity index (χ4v) is 10.3. The Bertz CT molecular complexity index is 1590. The van der Waals surface area contributed by atoms with E-state index in [0.29, 0.717) is 19.3 Å². The minimum Gasteiger partial charge on any atom is -0.479 e. The summed E-state index contributed by atoms with van der Waals surface area (Å²) in [6.45, 7) is 5.90. The van der Waals surface area contributed by atoms with E-state index in [1.165, 1.54) is 173 Å². The largest absolute Gasteiger partial charge is 0.479 e. The number of carboxylic acid groups (broad SMARTS) is 1. The van der Waals surface area contributed by atoms with Crippen molar-refractivity contribution in [3.8, 4) is 0 Å². The molecule has 12 nitrogen and oxygen atoms in total. The van der Waals surface area contributed by atoms with E-state index < -0.39 is 67.3 Å². The number of carbonyl (C=O) groups excluding carboxylic acids is 3. The average molecular weight is 1140 g/mol. The maximum absolute atomic E-state index is 13.2. The summed E-state index contributed by atoms with van der Waals surface area (Å²) in [7, 11) is 0. The highest BCUT2D eigenvalue weighted by Gasteiger charge is 2.50. The van der Waals surface area contributed by atoms with Crippen molar-refractivity contribution in [1.29, 1.82) is 0 Å². The van der Waals surface area contributed by atoms with Crippen molar-refractivity contribution < 1.29 is 58.2 Å². The third-order valence-corrected chi connectivity index (χ3v) is 15.4. The van der Waals surface area contributed by atoms with E-state index >= 15 is 0 Å². The molecule has 0 aromatic rings. The van der Waals surface area contributed by atoms with Crippen molar-refractivity contribution in [2.75, 3.05) is 13.2 Å². The molecule has 6 atom stereocenters. The zero-order chi connectivity index (χ0) is 58.9. The van der Waals surface area contributed by atoms with Gasteiger partial charge in [0.05, 0.1) is 6.61 Å². The first-order valence-corrected chi connectivity index (χ1v) is 33.6. The van der Waals surface area contributed by atoms with Gasteiger partial charge >= 0.3 is 23.9 Å². The van der Waals surface area contributed by atoms with E-state index in [1.54, 1.807) is 0 Å². The molecule has 0 saturated carbocycles. The molecule has 3 N–H and O–H groups in total. The molecule has 0 aromatic heterocycles. The lowest BCUT2D eigenvalue weighted by molar-refractivity contribution is -0.301. The van der Waals surface area contributed by atoms with E-state index in [2.05, 4.69) is 69.4 Å². The van der Waals surface area contributed by atoms with Gasteiger partial charge in [-0.2, -0.15) is 0 Å². The average Bonchev–Trinajstić information content (AvgIpc) is 3.54. The zero-order valence-electron chi connectivity index (χ0n) is 52.0. The Kier molecular flexibility index (Phi) is 53.4. The Morgan fingerprint density at radius 1 is 0.420 bits per heavy atom. The Balaban J connectivity index is 2.61. The lowest BCUT2D eigenvalue weighted by Crippen LogP contribution is -2.61. The second kappa shape index (κ2) is 57.1. The molecule has 6 unspecified atom stereocenters. The summed E-state index contributed by atoms with van der Waals surface area (Å²) < 4.78 is 28.5. The highest BCUT2D eigenvalue weighted by Crippen LogP contribution is 2.27. The molecule has 0 radical (unpaired) electrons. The van der Waals surface area contributed by atoms with Gasteiger partial charge in [-0.1, -0.05) is 268 Å². The van der Waals surface area contributed by atoms with Crippen molar-refractivity contribution in [3.05, 3.63) is 48.6 Å². The van der Waals surface area contributed by atoms with Crippen LogP contribution in [0.1, 0.15) is 316 Å². The number of carbonyl (C=O) groups is 4. The van der Waals surface area contributed by atoms with Gasteiger partial charge in [0.25, 0.3) is 0 Å². The quantitative estimate of drug-likeness (QED) is 0.0228. The fourth-order valence-electron chi connectivity index (χ4n) is 10.3. The normalized spacial score (nSPS) is 18.0. The molecule has 1 rings (SSSR count). The zero-order valence-corrected chi connectivity index (χ0v) is 52.0. The van der Waals surface area contributed by atoms with Crippen LogP contribution in [0.15, 0.2) is 48.6 Å². The molecule has 1 saturated heterocycles. The second-order valence-corrected chi connectivity index (χ2v) is 23.1. The molecular formula is C69H122O12. The molecule has 1 aliphatic heterocycles. The molecular weight excluding hydrogens is 1020 g/mol. The lowest BCUT2D eigenvalue weighted by atomic mass is 9.98. The SMILES string of the molecule is CC/C=C\C/C=C\C/C=C\CCCCCC(=O)OC(COC(=O)CCCCCCCCCCC/C=C\CCCCCCCC)COC1OC(C(=O)O)C(O)C(O)C1OC(=O)CCCCCCCCCCCCCCCCCCCCC. The predicted octanol–water partition coefficient (Wildman–Crippen LogP) is 18.1. The van der Waals surface area contributed by atoms with Crippen LogP contribution in [0.2, 0.25) is 0 Å². The molecule has 0 aromatic carbocycles. The van der Waals surface area contributed by atoms with Crippen LogP contribution in [-0.4, -0.2) is 89.2 Å². The van der Waals surface area contributed by atoms with Crippen LogP contribution in [0.25, 0.3) is 0 Å². The van der Waals surface area contributed by atoms with Crippen LogP contribution in [0, 0.1) is 0 Å². The molecule has 0 bridgehead atoms. The van der Waals surface area contributed by atoms with Crippen LogP contribution < -0.4 is 0 Å². The second-order valence-electron chi connectivity index (χ2n) is 23.1. The van der Waals surface area contributed by atoms with Gasteiger partial charge in [0.2, 0.25) is 0 Å². The molecule has 1 heterocycles. The maximum Gasteiger partial charge on any atom is 0.335 e. The number of aliphatic hydroxyl groups is 2. The highest BCUT2D eigenvalue weighted by atomic mass is 16.7. The Morgan fingerprint density at radius 2 is 0.778 bits per heavy atom. The standard InChI is InChI=1S/C69H122O12/c1-4-7-10-13-16-19-22-25-27-29-31-33-35-38-40-43-46-49-52-55-61(70)77-58-60(79-62(71)56-53-50-47-44-41-37-24-21-18-15-12-9-6-3)59-78-69-67(65(74)64(73)66(81-69)68(75)76)80-63(72)57-54-51-48-45-42-39-36-34-32-30-28-26-23-20-17-14-11-8-5-2/h9,12,18,21,25,27,37,41,60,64-67,69,73-74H,4-8,10-11,13-17,19-20,22-24,26,28-36,38-40,42-59H2,1-3H3,(H,75,76)/b12-9-,21-18-,27-25-,41-37-. The Labute approximate surface area is 494 Å². The monoisotopic (exact) mass is 1140 g/mol. The number of rotatable bonds is 58. The summed E-state index contributed by atoms with van der Waals surface area (Å²) in [5.41, 5.74) is 0. The van der Waals surface area contributed by atoms with E-state index in [0.717, 1.165) is 83.5 Å². The minimum atomic E-state index is -1.91. The van der Waals surface area contributed by atoms with Crippen LogP contribution in [-0.2, 0) is 42.9 Å². The number of aliphatic hydroxyl groups excluding tert-OH is 2. The fraction of sp³-hybridized carbons (Fsp3) is 0.826. The van der Waals surface area contributed by atoms with E-state index in [1.807, 2.05) is 0 Å². The third-order valence-electron chi connectivity index (χ3n) is 15.4. The molecule has 0 aliphatic carbocycles. The molecule has 81 heavy (non-hydrogen) atoms. The van der Waals surface area contributed by atoms with Crippen molar-refractivity contribution in [3.63, 3.8) is 0 Å². The summed E-state index contributed by atoms with van der Waals surface area (Å²) in [5, 5.41) is 31.6. The Hall–Kier alpha value is -3.32. The molecule has 1 fully saturated rings. The number of aliphatic carboxylic acids is 1. The predicted molar refractivity (Wildman–Crippen MR) is 331 cm³/mol. The number of hydrogen-bond acceptors (Lipinski definition) is 11. The van der Waals surface area contributed by atoms with Crippen LogP contribution in [0.3, 0.4) is 0 Å². The lowest BCUT2D eigenvalue weighted by Gasteiger charge is -2.40. The smallest absolute Gasteiger partial charge is 0.335 e. The summed E-state index contributed by atoms with van der Waals surface area (Å²) in [6.07, 6.45) is 57.9. The molecule has 12 heteroatoms. The van der Waals surface area contributed by atoms with Crippen molar-refractivity contribution in [1.82, 2.24) is 0 Å². The van der Waals surface area contributed by atoms with Crippen molar-refractivity contribution in [2.45, 2.75) is 353 Å². The van der Waals surface area contributed by atoms with Gasteiger partial charge in [0.15, 0.2) is 24.6 Å². The molecule has 0 spiro atoms. The highest BCUT2D eigenvalue weighted by molar-refractivity contribution is 5.74. The first kappa shape index (κ1) is 75.7. The number of ether oxygens (including phenoxy) is 5. The summed E-state index contributed by atoms with van der Waals surface area (Å²) in [4.78, 5) is 51.3. The Morgan fingerprint density at radius 3 is 1.21 bits per heavy atom. The van der Waals surface area contributed by atoms with Crippen LogP contribution >= 0.6 is 0 Å². The summed E-state index contributed by atoms with van der Waals surface area (Å²) in [6, 6.07) is 0. The van der Waals surface area contributed by atoms with Gasteiger partial charge in [-0.25, -0.2) is 4.79 Å². The number of unbranched alkanes of at least 4 members (excludes halogenated alkanes) is 36. The van der Waals surface area contributed by atoms with Gasteiger partial charge in [-0.05, 0) is 77.0 Å². The number of esters is 3. The van der Waals surface area contributed by atoms with E-state index in [-0.39, 0.29) is 25.9 Å².